The molecule has 1 heterocycles. The molecule has 0 spiro atoms. The molecule has 118 valence electrons. The van der Waals surface area contributed by atoms with E-state index in [9.17, 15) is 13.2 Å². The van der Waals surface area contributed by atoms with Crippen LogP contribution < -0.4 is 10.5 Å². The van der Waals surface area contributed by atoms with Crippen molar-refractivity contribution in [3.63, 3.8) is 0 Å². The van der Waals surface area contributed by atoms with Gasteiger partial charge in [0.25, 0.3) is 0 Å². The Morgan fingerprint density at radius 3 is 2.65 bits per heavy atom. The van der Waals surface area contributed by atoms with Crippen LogP contribution in [-0.4, -0.2) is 50.7 Å². The van der Waals surface area contributed by atoms with Gasteiger partial charge in [0.05, 0.1) is 12.3 Å². The van der Waals surface area contributed by atoms with Crippen molar-refractivity contribution in [1.29, 1.82) is 0 Å². The Kier molecular flexibility index (Phi) is 6.42. The van der Waals surface area contributed by atoms with E-state index >= 15 is 0 Å². The molecule has 7 heteroatoms. The summed E-state index contributed by atoms with van der Waals surface area (Å²) in [5, 5.41) is 0. The molecular formula is C13H27N3O3S. The van der Waals surface area contributed by atoms with E-state index in [1.54, 1.807) is 4.90 Å². The van der Waals surface area contributed by atoms with Crippen molar-refractivity contribution in [2.24, 2.45) is 11.7 Å². The summed E-state index contributed by atoms with van der Waals surface area (Å²) in [6, 6.07) is -0.583. The number of nitrogens with zero attached hydrogens (tertiary/aromatic N) is 1. The molecule has 1 rings (SSSR count). The standard InChI is InChI=1S/C13H27N3O3S/c1-4-10(2)12(14)13(17)16-8-6-5-7-11(16)9-15-20(3,18)19/h10-12,15H,4-9,14H2,1-3H3. The number of nitrogens with one attached hydrogen (secondary N) is 1. The molecule has 3 atom stereocenters. The quantitative estimate of drug-likeness (QED) is 0.737. The predicted molar refractivity (Wildman–Crippen MR) is 79.6 cm³/mol. The Balaban J connectivity index is 2.70. The zero-order valence-electron chi connectivity index (χ0n) is 12.6. The van der Waals surface area contributed by atoms with E-state index in [0.29, 0.717) is 6.54 Å². The molecule has 0 aromatic heterocycles. The van der Waals surface area contributed by atoms with Gasteiger partial charge in [-0.2, -0.15) is 0 Å². The summed E-state index contributed by atoms with van der Waals surface area (Å²) in [4.78, 5) is 14.2. The zero-order valence-corrected chi connectivity index (χ0v) is 13.4. The van der Waals surface area contributed by atoms with Crippen LogP contribution in [0.5, 0.6) is 0 Å². The normalized spacial score (nSPS) is 23.4. The number of piperidine rings is 1. The predicted octanol–water partition coefficient (Wildman–Crippen LogP) is 0.290. The third kappa shape index (κ3) is 5.03. The van der Waals surface area contributed by atoms with Crippen molar-refractivity contribution in [2.45, 2.75) is 51.6 Å². The molecule has 0 aromatic rings. The molecule has 6 nitrogen and oxygen atoms in total. The number of likely N-dealkylation sites (tertiary alicyclic amines) is 1. The topological polar surface area (TPSA) is 92.5 Å². The highest BCUT2D eigenvalue weighted by atomic mass is 32.2. The Labute approximate surface area is 122 Å². The molecule has 0 aliphatic carbocycles. The minimum Gasteiger partial charge on any atom is -0.337 e. The molecule has 0 saturated carbocycles. The van der Waals surface area contributed by atoms with E-state index in [4.69, 9.17) is 5.73 Å². The lowest BCUT2D eigenvalue weighted by molar-refractivity contribution is -0.137. The van der Waals surface area contributed by atoms with E-state index in [1.165, 1.54) is 0 Å². The van der Waals surface area contributed by atoms with Crippen LogP contribution in [0.4, 0.5) is 0 Å². The molecule has 1 fully saturated rings. The molecule has 1 amide bonds. The van der Waals surface area contributed by atoms with Crippen LogP contribution in [0, 0.1) is 5.92 Å². The number of sulfonamides is 1. The Morgan fingerprint density at radius 1 is 1.45 bits per heavy atom. The van der Waals surface area contributed by atoms with Crippen molar-refractivity contribution in [3.8, 4) is 0 Å². The van der Waals surface area contributed by atoms with E-state index in [1.807, 2.05) is 13.8 Å². The second-order valence-corrected chi connectivity index (χ2v) is 7.55. The van der Waals surface area contributed by atoms with Gasteiger partial charge >= 0.3 is 0 Å². The van der Waals surface area contributed by atoms with Crippen LogP contribution in [0.15, 0.2) is 0 Å². The first-order valence-electron chi connectivity index (χ1n) is 7.27. The minimum atomic E-state index is -3.23. The van der Waals surface area contributed by atoms with E-state index in [0.717, 1.165) is 31.9 Å². The highest BCUT2D eigenvalue weighted by Gasteiger charge is 2.31. The number of carbonyl (C=O) groups excluding carboxylic acids is 1. The average Bonchev–Trinajstić information content (AvgIpc) is 2.42. The number of hydrogen-bond donors (Lipinski definition) is 2. The third-order valence-electron chi connectivity index (χ3n) is 4.03. The molecule has 1 saturated heterocycles. The van der Waals surface area contributed by atoms with Gasteiger partial charge in [0.2, 0.25) is 15.9 Å². The maximum absolute atomic E-state index is 12.5. The van der Waals surface area contributed by atoms with Gasteiger partial charge in [-0.15, -0.1) is 0 Å². The smallest absolute Gasteiger partial charge is 0.240 e. The zero-order chi connectivity index (χ0) is 15.3. The molecule has 3 N–H and O–H groups in total. The van der Waals surface area contributed by atoms with Crippen LogP contribution in [0.25, 0.3) is 0 Å². The minimum absolute atomic E-state index is 0.0562. The summed E-state index contributed by atoms with van der Waals surface area (Å²) in [5.74, 6) is 0.0762. The number of amides is 1. The maximum Gasteiger partial charge on any atom is 0.240 e. The first-order valence-corrected chi connectivity index (χ1v) is 9.16. The Morgan fingerprint density at radius 2 is 2.10 bits per heavy atom. The van der Waals surface area contributed by atoms with Crippen molar-refractivity contribution < 1.29 is 13.2 Å². The number of rotatable bonds is 6. The van der Waals surface area contributed by atoms with Gasteiger partial charge in [0.1, 0.15) is 0 Å². The summed E-state index contributed by atoms with van der Waals surface area (Å²) in [6.07, 6.45) is 4.77. The molecule has 20 heavy (non-hydrogen) atoms. The first-order chi connectivity index (χ1) is 9.26. The SMILES string of the molecule is CCC(C)C(N)C(=O)N1CCCCC1CNS(C)(=O)=O. The molecule has 3 unspecified atom stereocenters. The molecule has 0 radical (unpaired) electrons. The summed E-state index contributed by atoms with van der Waals surface area (Å²) < 4.78 is 24.9. The monoisotopic (exact) mass is 305 g/mol. The van der Waals surface area contributed by atoms with Gasteiger partial charge in [-0.25, -0.2) is 13.1 Å². The lowest BCUT2D eigenvalue weighted by Crippen LogP contribution is -2.55. The molecule has 1 aliphatic rings. The largest absolute Gasteiger partial charge is 0.337 e. The fourth-order valence-electron chi connectivity index (χ4n) is 2.44. The first kappa shape index (κ1) is 17.4. The number of nitrogens with two attached hydrogens (primary N) is 1. The van der Waals surface area contributed by atoms with Gasteiger partial charge in [0.15, 0.2) is 0 Å². The van der Waals surface area contributed by atoms with Crippen LogP contribution in [0.1, 0.15) is 39.5 Å². The van der Waals surface area contributed by atoms with E-state index in [2.05, 4.69) is 4.72 Å². The average molecular weight is 305 g/mol. The second-order valence-electron chi connectivity index (χ2n) is 5.71. The van der Waals surface area contributed by atoms with Crippen molar-refractivity contribution >= 4 is 15.9 Å². The Bertz CT molecular complexity index is 425. The van der Waals surface area contributed by atoms with Gasteiger partial charge in [-0.1, -0.05) is 20.3 Å². The fourth-order valence-corrected chi connectivity index (χ4v) is 2.93. The number of hydrogen-bond acceptors (Lipinski definition) is 4. The lowest BCUT2D eigenvalue weighted by Gasteiger charge is -2.38. The van der Waals surface area contributed by atoms with Crippen molar-refractivity contribution in [3.05, 3.63) is 0 Å². The number of carbonyl (C=O) groups is 1. The highest BCUT2D eigenvalue weighted by Crippen LogP contribution is 2.19. The maximum atomic E-state index is 12.5. The van der Waals surface area contributed by atoms with Crippen LogP contribution in [0.3, 0.4) is 0 Å². The van der Waals surface area contributed by atoms with Gasteiger partial charge in [-0.05, 0) is 25.2 Å². The van der Waals surface area contributed by atoms with Gasteiger partial charge in [-0.3, -0.25) is 4.79 Å². The third-order valence-corrected chi connectivity index (χ3v) is 4.72. The second kappa shape index (κ2) is 7.38. The van der Waals surface area contributed by atoms with Crippen LogP contribution >= 0.6 is 0 Å². The highest BCUT2D eigenvalue weighted by molar-refractivity contribution is 7.88. The van der Waals surface area contributed by atoms with Crippen LogP contribution in [-0.2, 0) is 14.8 Å². The van der Waals surface area contributed by atoms with Crippen molar-refractivity contribution in [1.82, 2.24) is 9.62 Å². The van der Waals surface area contributed by atoms with E-state index in [-0.39, 0.29) is 24.4 Å². The molecule has 0 aromatic carbocycles. The summed E-state index contributed by atoms with van der Waals surface area (Å²) in [7, 11) is -3.23. The van der Waals surface area contributed by atoms with E-state index < -0.39 is 16.1 Å². The molecular weight excluding hydrogens is 278 g/mol. The van der Waals surface area contributed by atoms with Gasteiger partial charge in [0, 0.05) is 19.1 Å². The van der Waals surface area contributed by atoms with Crippen molar-refractivity contribution in [2.75, 3.05) is 19.3 Å². The molecule has 1 aliphatic heterocycles. The van der Waals surface area contributed by atoms with Crippen LogP contribution in [0.2, 0.25) is 0 Å². The summed E-state index contributed by atoms with van der Waals surface area (Å²) in [5.41, 5.74) is 6.02. The fraction of sp³-hybridized carbons (Fsp3) is 0.923. The van der Waals surface area contributed by atoms with Gasteiger partial charge < -0.3 is 10.6 Å². The molecule has 0 bridgehead atoms. The Hall–Kier alpha value is -0.660. The summed E-state index contributed by atoms with van der Waals surface area (Å²) >= 11 is 0. The lowest BCUT2D eigenvalue weighted by atomic mass is 9.95. The summed E-state index contributed by atoms with van der Waals surface area (Å²) in [6.45, 7) is 4.92.